The van der Waals surface area contributed by atoms with E-state index in [2.05, 4.69) is 49.5 Å². The van der Waals surface area contributed by atoms with Gasteiger partial charge in [0.15, 0.2) is 0 Å². The zero-order chi connectivity index (χ0) is 17.6. The molecule has 0 unspecified atom stereocenters. The average molecular weight is 342 g/mol. The maximum Gasteiger partial charge on any atom is 0.317 e. The summed E-state index contributed by atoms with van der Waals surface area (Å²) in [6, 6.07) is 10.8. The molecule has 0 saturated heterocycles. The number of carbonyl (C=O) groups excluding carboxylic acids is 1. The van der Waals surface area contributed by atoms with Crippen molar-refractivity contribution in [2.75, 3.05) is 13.1 Å². The van der Waals surface area contributed by atoms with E-state index in [0.717, 1.165) is 38.6 Å². The van der Waals surface area contributed by atoms with Crippen molar-refractivity contribution < 1.29 is 9.53 Å². The van der Waals surface area contributed by atoms with Crippen molar-refractivity contribution >= 4 is 11.6 Å². The van der Waals surface area contributed by atoms with Gasteiger partial charge in [-0.3, -0.25) is 0 Å². The molecule has 1 aliphatic heterocycles. The standard InChI is InChI=1S/C21H30N2O2/c1-16(2)25-20-10-8-19(9-11-20)22-21(24)23-14-12-18(13-15-23)17-6-4-3-5-7-17/h3-7,12,16,19-20H,8-11,13-15H2,1-2H3,(H,22,24). The van der Waals surface area contributed by atoms with Gasteiger partial charge >= 0.3 is 6.03 Å². The number of rotatable bonds is 4. The van der Waals surface area contributed by atoms with Gasteiger partial charge in [-0.25, -0.2) is 4.79 Å². The summed E-state index contributed by atoms with van der Waals surface area (Å²) in [6.45, 7) is 5.66. The fourth-order valence-electron chi connectivity index (χ4n) is 3.76. The zero-order valence-corrected chi connectivity index (χ0v) is 15.4. The Hall–Kier alpha value is -1.81. The van der Waals surface area contributed by atoms with Crippen molar-refractivity contribution in [3.05, 3.63) is 42.0 Å². The SMILES string of the molecule is CC(C)OC1CCC(NC(=O)N2CC=C(c3ccccc3)CC2)CC1. The van der Waals surface area contributed by atoms with Crippen LogP contribution in [0.2, 0.25) is 0 Å². The Morgan fingerprint density at radius 2 is 1.88 bits per heavy atom. The van der Waals surface area contributed by atoms with Crippen molar-refractivity contribution in [1.82, 2.24) is 10.2 Å². The molecule has 0 atom stereocenters. The molecular weight excluding hydrogens is 312 g/mol. The average Bonchev–Trinajstić information content (AvgIpc) is 2.64. The molecule has 2 aliphatic rings. The summed E-state index contributed by atoms with van der Waals surface area (Å²) in [6.07, 6.45) is 7.87. The third-order valence-corrected chi connectivity index (χ3v) is 5.11. The summed E-state index contributed by atoms with van der Waals surface area (Å²) >= 11 is 0. The molecule has 0 aromatic heterocycles. The van der Waals surface area contributed by atoms with E-state index in [1.54, 1.807) is 0 Å². The minimum absolute atomic E-state index is 0.0802. The number of benzene rings is 1. The Balaban J connectivity index is 1.45. The molecule has 2 amide bonds. The Morgan fingerprint density at radius 3 is 2.48 bits per heavy atom. The van der Waals surface area contributed by atoms with Crippen LogP contribution in [0.25, 0.3) is 5.57 Å². The van der Waals surface area contributed by atoms with Gasteiger partial charge in [-0.15, -0.1) is 0 Å². The Labute approximate surface area is 151 Å². The van der Waals surface area contributed by atoms with Crippen LogP contribution >= 0.6 is 0 Å². The molecule has 1 aliphatic carbocycles. The molecule has 3 rings (SSSR count). The Morgan fingerprint density at radius 1 is 1.16 bits per heavy atom. The fraction of sp³-hybridized carbons (Fsp3) is 0.571. The van der Waals surface area contributed by atoms with Crippen LogP contribution in [0.1, 0.15) is 51.5 Å². The Bertz CT molecular complexity index is 589. The second-order valence-electron chi connectivity index (χ2n) is 7.40. The quantitative estimate of drug-likeness (QED) is 0.890. The van der Waals surface area contributed by atoms with E-state index >= 15 is 0 Å². The zero-order valence-electron chi connectivity index (χ0n) is 15.4. The van der Waals surface area contributed by atoms with Crippen molar-refractivity contribution in [3.8, 4) is 0 Å². The first-order valence-electron chi connectivity index (χ1n) is 9.57. The van der Waals surface area contributed by atoms with Gasteiger partial charge in [-0.05, 0) is 57.1 Å². The molecule has 25 heavy (non-hydrogen) atoms. The van der Waals surface area contributed by atoms with Crippen LogP contribution in [0.15, 0.2) is 36.4 Å². The van der Waals surface area contributed by atoms with Gasteiger partial charge in [-0.2, -0.15) is 0 Å². The first-order chi connectivity index (χ1) is 12.1. The topological polar surface area (TPSA) is 41.6 Å². The van der Waals surface area contributed by atoms with E-state index < -0.39 is 0 Å². The molecule has 1 saturated carbocycles. The lowest BCUT2D eigenvalue weighted by Gasteiger charge is -2.33. The minimum Gasteiger partial charge on any atom is -0.376 e. The van der Waals surface area contributed by atoms with Crippen LogP contribution < -0.4 is 5.32 Å². The van der Waals surface area contributed by atoms with Crippen molar-refractivity contribution in [2.45, 2.75) is 64.2 Å². The lowest BCUT2D eigenvalue weighted by molar-refractivity contribution is -0.0157. The molecule has 1 aromatic carbocycles. The third kappa shape index (κ3) is 5.08. The summed E-state index contributed by atoms with van der Waals surface area (Å²) in [4.78, 5) is 14.4. The Kier molecular flexibility index (Phi) is 6.14. The summed E-state index contributed by atoms with van der Waals surface area (Å²) in [7, 11) is 0. The molecule has 0 bridgehead atoms. The molecule has 0 radical (unpaired) electrons. The number of nitrogens with one attached hydrogen (secondary N) is 1. The number of carbonyl (C=O) groups is 1. The molecule has 1 N–H and O–H groups in total. The van der Waals surface area contributed by atoms with Gasteiger partial charge in [0.1, 0.15) is 0 Å². The third-order valence-electron chi connectivity index (χ3n) is 5.11. The lowest BCUT2D eigenvalue weighted by Crippen LogP contribution is -2.47. The highest BCUT2D eigenvalue weighted by Gasteiger charge is 2.25. The molecule has 0 spiro atoms. The highest BCUT2D eigenvalue weighted by Crippen LogP contribution is 2.24. The number of amides is 2. The summed E-state index contributed by atoms with van der Waals surface area (Å²) in [5.41, 5.74) is 2.61. The first kappa shape index (κ1) is 18.0. The molecule has 1 heterocycles. The second kappa shape index (κ2) is 8.52. The molecule has 1 fully saturated rings. The van der Waals surface area contributed by atoms with E-state index in [1.165, 1.54) is 11.1 Å². The van der Waals surface area contributed by atoms with E-state index in [9.17, 15) is 4.79 Å². The monoisotopic (exact) mass is 342 g/mol. The van der Waals surface area contributed by atoms with Crippen LogP contribution in [0.3, 0.4) is 0 Å². The fourth-order valence-corrected chi connectivity index (χ4v) is 3.76. The van der Waals surface area contributed by atoms with Crippen LogP contribution in [0.4, 0.5) is 4.79 Å². The predicted molar refractivity (Wildman–Crippen MR) is 101 cm³/mol. The number of urea groups is 1. The van der Waals surface area contributed by atoms with Gasteiger partial charge in [0.2, 0.25) is 0 Å². The van der Waals surface area contributed by atoms with E-state index in [-0.39, 0.29) is 12.1 Å². The largest absolute Gasteiger partial charge is 0.376 e. The number of ether oxygens (including phenoxy) is 1. The molecular formula is C21H30N2O2. The highest BCUT2D eigenvalue weighted by atomic mass is 16.5. The summed E-state index contributed by atoms with van der Waals surface area (Å²) in [5, 5.41) is 3.22. The minimum atomic E-state index is 0.0802. The van der Waals surface area contributed by atoms with Crippen LogP contribution in [0, 0.1) is 0 Å². The van der Waals surface area contributed by atoms with Gasteiger partial charge in [-0.1, -0.05) is 36.4 Å². The summed E-state index contributed by atoms with van der Waals surface area (Å²) in [5.74, 6) is 0. The van der Waals surface area contributed by atoms with Crippen LogP contribution in [-0.4, -0.2) is 42.3 Å². The number of hydrogen-bond donors (Lipinski definition) is 1. The van der Waals surface area contributed by atoms with E-state index in [0.29, 0.717) is 18.7 Å². The maximum atomic E-state index is 12.5. The highest BCUT2D eigenvalue weighted by molar-refractivity contribution is 5.77. The molecule has 4 heteroatoms. The maximum absolute atomic E-state index is 12.5. The number of hydrogen-bond acceptors (Lipinski definition) is 2. The first-order valence-corrected chi connectivity index (χ1v) is 9.57. The van der Waals surface area contributed by atoms with E-state index in [4.69, 9.17) is 4.74 Å². The summed E-state index contributed by atoms with van der Waals surface area (Å²) < 4.78 is 5.88. The van der Waals surface area contributed by atoms with Crippen molar-refractivity contribution in [2.24, 2.45) is 0 Å². The number of nitrogens with zero attached hydrogens (tertiary/aromatic N) is 1. The normalized spacial score (nSPS) is 24.1. The van der Waals surface area contributed by atoms with Crippen molar-refractivity contribution in [3.63, 3.8) is 0 Å². The van der Waals surface area contributed by atoms with E-state index in [1.807, 2.05) is 11.0 Å². The predicted octanol–water partition coefficient (Wildman–Crippen LogP) is 4.22. The molecule has 1 aromatic rings. The van der Waals surface area contributed by atoms with Crippen LogP contribution in [0.5, 0.6) is 0 Å². The van der Waals surface area contributed by atoms with Gasteiger partial charge in [0.05, 0.1) is 12.2 Å². The van der Waals surface area contributed by atoms with Gasteiger partial charge in [0.25, 0.3) is 0 Å². The van der Waals surface area contributed by atoms with Crippen LogP contribution in [-0.2, 0) is 4.74 Å². The van der Waals surface area contributed by atoms with Gasteiger partial charge in [0, 0.05) is 19.1 Å². The molecule has 4 nitrogen and oxygen atoms in total. The smallest absolute Gasteiger partial charge is 0.317 e. The second-order valence-corrected chi connectivity index (χ2v) is 7.40. The van der Waals surface area contributed by atoms with Crippen molar-refractivity contribution in [1.29, 1.82) is 0 Å². The lowest BCUT2D eigenvalue weighted by atomic mass is 9.93. The molecule has 136 valence electrons. The van der Waals surface area contributed by atoms with Gasteiger partial charge < -0.3 is 15.0 Å².